The maximum atomic E-state index is 12.9. The number of unbranched alkanes of at least 4 members (excludes halogenated alkanes) is 3. The van der Waals surface area contributed by atoms with Gasteiger partial charge in [-0.1, -0.05) is 90.1 Å². The normalized spacial score (nSPS) is 12.2. The predicted molar refractivity (Wildman–Crippen MR) is 180 cm³/mol. The minimum atomic E-state index is -0.493. The predicted octanol–water partition coefficient (Wildman–Crippen LogP) is 9.02. The summed E-state index contributed by atoms with van der Waals surface area (Å²) in [5.74, 6) is 0.426. The smallest absolute Gasteiger partial charge is 0.338 e. The molecule has 0 fully saturated rings. The van der Waals surface area contributed by atoms with E-state index in [1.54, 1.807) is 18.2 Å². The molecule has 0 aromatic heterocycles. The molecular formula is C38H56O8. The highest BCUT2D eigenvalue weighted by atomic mass is 16.5. The van der Waals surface area contributed by atoms with Crippen LogP contribution in [-0.4, -0.2) is 43.8 Å². The Morgan fingerprint density at radius 3 is 1.98 bits per heavy atom. The van der Waals surface area contributed by atoms with Gasteiger partial charge in [-0.25, -0.2) is 4.79 Å². The van der Waals surface area contributed by atoms with E-state index in [1.807, 2.05) is 37.3 Å². The fourth-order valence-electron chi connectivity index (χ4n) is 4.83. The molecule has 8 heteroatoms. The van der Waals surface area contributed by atoms with E-state index in [1.165, 1.54) is 0 Å². The molecule has 0 aliphatic carbocycles. The molecule has 0 aliphatic rings. The number of carbonyl (C=O) groups is 3. The third kappa shape index (κ3) is 16.7. The lowest BCUT2D eigenvalue weighted by Crippen LogP contribution is -2.17. The van der Waals surface area contributed by atoms with Crippen LogP contribution >= 0.6 is 0 Å². The summed E-state index contributed by atoms with van der Waals surface area (Å²) in [6.07, 6.45) is 10.6. The lowest BCUT2D eigenvalue weighted by atomic mass is 10.0. The van der Waals surface area contributed by atoms with Gasteiger partial charge in [0.1, 0.15) is 24.2 Å². The van der Waals surface area contributed by atoms with Crippen molar-refractivity contribution in [3.63, 3.8) is 0 Å². The zero-order valence-corrected chi connectivity index (χ0v) is 28.6. The lowest BCUT2D eigenvalue weighted by Gasteiger charge is -2.16. The molecule has 256 valence electrons. The molecule has 2 aromatic rings. The molecule has 2 unspecified atom stereocenters. The summed E-state index contributed by atoms with van der Waals surface area (Å²) in [6, 6.07) is 14.4. The molecule has 0 aliphatic heterocycles. The number of hydrogen-bond donors (Lipinski definition) is 0. The molecule has 0 N–H and O–H groups in total. The van der Waals surface area contributed by atoms with Gasteiger partial charge in [0, 0.05) is 18.9 Å². The van der Waals surface area contributed by atoms with Crippen molar-refractivity contribution in [2.75, 3.05) is 19.8 Å². The first kappa shape index (κ1) is 38.6. The zero-order chi connectivity index (χ0) is 33.4. The minimum Gasteiger partial charge on any atom is -0.493 e. The molecule has 8 nitrogen and oxygen atoms in total. The van der Waals surface area contributed by atoms with Gasteiger partial charge in [0.25, 0.3) is 0 Å². The van der Waals surface area contributed by atoms with Crippen molar-refractivity contribution in [1.29, 1.82) is 0 Å². The quantitative estimate of drug-likeness (QED) is 0.0603. The van der Waals surface area contributed by atoms with Crippen molar-refractivity contribution in [1.82, 2.24) is 0 Å². The van der Waals surface area contributed by atoms with Gasteiger partial charge in [0.05, 0.1) is 25.4 Å². The highest BCUT2D eigenvalue weighted by molar-refractivity contribution is 5.90. The van der Waals surface area contributed by atoms with Crippen LogP contribution in [0.2, 0.25) is 0 Å². The number of carbonyl (C=O) groups excluding carboxylic acids is 3. The van der Waals surface area contributed by atoms with E-state index in [4.69, 9.17) is 23.7 Å². The SMILES string of the molecule is CCCCC(CC)COC(=O)CCCOc1cc(OCCCCC(=O)OC(CC)CCCC)cc(C(=O)OCc2ccccc2)c1. The molecular weight excluding hydrogens is 584 g/mol. The van der Waals surface area contributed by atoms with E-state index in [0.717, 1.165) is 56.9 Å². The highest BCUT2D eigenvalue weighted by Gasteiger charge is 2.15. The number of ether oxygens (including phenoxy) is 5. The Morgan fingerprint density at radius 2 is 1.33 bits per heavy atom. The summed E-state index contributed by atoms with van der Waals surface area (Å²) in [7, 11) is 0. The van der Waals surface area contributed by atoms with Crippen molar-refractivity contribution in [2.45, 2.75) is 124 Å². The minimum absolute atomic E-state index is 0.0129. The van der Waals surface area contributed by atoms with Crippen LogP contribution in [0, 0.1) is 5.92 Å². The third-order valence-corrected chi connectivity index (χ3v) is 7.82. The molecule has 0 saturated heterocycles. The summed E-state index contributed by atoms with van der Waals surface area (Å²) in [5, 5.41) is 0. The van der Waals surface area contributed by atoms with E-state index in [0.29, 0.717) is 61.9 Å². The Morgan fingerprint density at radius 1 is 0.674 bits per heavy atom. The first-order valence-corrected chi connectivity index (χ1v) is 17.3. The highest BCUT2D eigenvalue weighted by Crippen LogP contribution is 2.25. The van der Waals surface area contributed by atoms with E-state index < -0.39 is 5.97 Å². The maximum Gasteiger partial charge on any atom is 0.338 e. The zero-order valence-electron chi connectivity index (χ0n) is 28.6. The van der Waals surface area contributed by atoms with Crippen LogP contribution in [0.1, 0.15) is 127 Å². The molecule has 2 aromatic carbocycles. The van der Waals surface area contributed by atoms with Gasteiger partial charge in [0.2, 0.25) is 0 Å². The van der Waals surface area contributed by atoms with Gasteiger partial charge in [-0.2, -0.15) is 0 Å². The molecule has 2 atom stereocenters. The monoisotopic (exact) mass is 640 g/mol. The van der Waals surface area contributed by atoms with E-state index in [-0.39, 0.29) is 37.7 Å². The molecule has 2 rings (SSSR count). The Balaban J connectivity index is 1.89. The van der Waals surface area contributed by atoms with Crippen LogP contribution in [0.5, 0.6) is 11.5 Å². The van der Waals surface area contributed by atoms with Gasteiger partial charge in [-0.15, -0.1) is 0 Å². The van der Waals surface area contributed by atoms with Crippen molar-refractivity contribution < 1.29 is 38.1 Å². The van der Waals surface area contributed by atoms with Gasteiger partial charge in [0.15, 0.2) is 0 Å². The first-order chi connectivity index (χ1) is 22.4. The summed E-state index contributed by atoms with van der Waals surface area (Å²) in [4.78, 5) is 37.5. The van der Waals surface area contributed by atoms with Crippen LogP contribution in [0.3, 0.4) is 0 Å². The van der Waals surface area contributed by atoms with Crippen molar-refractivity contribution in [3.8, 4) is 11.5 Å². The van der Waals surface area contributed by atoms with Crippen molar-refractivity contribution in [3.05, 3.63) is 59.7 Å². The summed E-state index contributed by atoms with van der Waals surface area (Å²) < 4.78 is 28.5. The second-order valence-electron chi connectivity index (χ2n) is 11.8. The Kier molecular flexibility index (Phi) is 19.9. The summed E-state index contributed by atoms with van der Waals surface area (Å²) >= 11 is 0. The molecule has 0 amide bonds. The molecule has 0 bridgehead atoms. The topological polar surface area (TPSA) is 97.4 Å². The molecule has 0 saturated carbocycles. The molecule has 0 radical (unpaired) electrons. The number of benzene rings is 2. The second-order valence-corrected chi connectivity index (χ2v) is 11.8. The van der Waals surface area contributed by atoms with Crippen LogP contribution in [0.15, 0.2) is 48.5 Å². The van der Waals surface area contributed by atoms with Crippen molar-refractivity contribution in [2.24, 2.45) is 5.92 Å². The van der Waals surface area contributed by atoms with Gasteiger partial charge < -0.3 is 23.7 Å². The Labute approximate surface area is 276 Å². The average Bonchev–Trinajstić information content (AvgIpc) is 3.07. The lowest BCUT2D eigenvalue weighted by molar-refractivity contribution is -0.150. The number of rotatable bonds is 25. The van der Waals surface area contributed by atoms with Crippen LogP contribution in [0.25, 0.3) is 0 Å². The van der Waals surface area contributed by atoms with E-state index in [9.17, 15) is 14.4 Å². The third-order valence-electron chi connectivity index (χ3n) is 7.82. The van der Waals surface area contributed by atoms with Gasteiger partial charge >= 0.3 is 17.9 Å². The number of esters is 3. The molecule has 0 heterocycles. The maximum absolute atomic E-state index is 12.9. The fraction of sp³-hybridized carbons (Fsp3) is 0.605. The summed E-state index contributed by atoms with van der Waals surface area (Å²) in [6.45, 7) is 9.71. The standard InChI is InChI=1S/C38H56O8/c1-5-9-17-30(7-3)28-44-36(39)22-16-24-43-35-26-32(38(41)45-29-31-18-12-11-13-19-31)25-34(27-35)42-23-15-14-21-37(40)46-33(8-4)20-10-6-2/h11-13,18-19,25-27,30,33H,5-10,14-17,20-24,28-29H2,1-4H3. The Bertz CT molecular complexity index is 1130. The fourth-order valence-corrected chi connectivity index (χ4v) is 4.83. The number of hydrogen-bond acceptors (Lipinski definition) is 8. The van der Waals surface area contributed by atoms with Gasteiger partial charge in [-0.05, 0) is 62.1 Å². The Hall–Kier alpha value is -3.55. The largest absolute Gasteiger partial charge is 0.493 e. The summed E-state index contributed by atoms with van der Waals surface area (Å²) in [5.41, 5.74) is 1.19. The molecule has 0 spiro atoms. The average molecular weight is 641 g/mol. The van der Waals surface area contributed by atoms with Crippen molar-refractivity contribution >= 4 is 17.9 Å². The molecule has 46 heavy (non-hydrogen) atoms. The van der Waals surface area contributed by atoms with Crippen LogP contribution < -0.4 is 9.47 Å². The van der Waals surface area contributed by atoms with Crippen LogP contribution in [0.4, 0.5) is 0 Å². The van der Waals surface area contributed by atoms with E-state index >= 15 is 0 Å². The van der Waals surface area contributed by atoms with Gasteiger partial charge in [-0.3, -0.25) is 9.59 Å². The van der Waals surface area contributed by atoms with E-state index in [2.05, 4.69) is 20.8 Å². The van der Waals surface area contributed by atoms with Crippen LogP contribution in [-0.2, 0) is 30.4 Å². The first-order valence-electron chi connectivity index (χ1n) is 17.3. The second kappa shape index (κ2) is 23.7.